The number of benzene rings is 1. The van der Waals surface area contributed by atoms with Crippen molar-refractivity contribution in [3.63, 3.8) is 0 Å². The van der Waals surface area contributed by atoms with Crippen LogP contribution in [0.2, 0.25) is 5.02 Å². The van der Waals surface area contributed by atoms with Crippen LogP contribution in [0.5, 0.6) is 0 Å². The van der Waals surface area contributed by atoms with Gasteiger partial charge in [-0.1, -0.05) is 59.0 Å². The maximum atomic E-state index is 6.63. The molecular formula is C14H17BrCl2N2. The Kier molecular flexibility index (Phi) is 4.70. The van der Waals surface area contributed by atoms with Gasteiger partial charge < -0.3 is 10.6 Å². The minimum Gasteiger partial charge on any atom is -0.351 e. The highest BCUT2D eigenvalue weighted by Crippen LogP contribution is 2.36. The zero-order valence-corrected chi connectivity index (χ0v) is 14.0. The van der Waals surface area contributed by atoms with E-state index in [0.717, 1.165) is 28.6 Å². The van der Waals surface area contributed by atoms with E-state index in [2.05, 4.69) is 40.4 Å². The number of rotatable bonds is 4. The van der Waals surface area contributed by atoms with Crippen LogP contribution in [0.4, 0.5) is 0 Å². The van der Waals surface area contributed by atoms with Crippen LogP contribution in [0.25, 0.3) is 0 Å². The van der Waals surface area contributed by atoms with E-state index in [4.69, 9.17) is 23.2 Å². The van der Waals surface area contributed by atoms with Crippen molar-refractivity contribution >= 4 is 39.1 Å². The standard InChI is InChI=1S/C14H17BrCl2N2/c1-3-9(4-2)13-8-18-14(17,19-13)11-6-5-10(15)7-12(11)16/h5-9,18-19H,3-4H2,1-2H3. The molecule has 1 aromatic rings. The van der Waals surface area contributed by atoms with Crippen LogP contribution in [0.3, 0.4) is 0 Å². The molecule has 104 valence electrons. The van der Waals surface area contributed by atoms with Crippen molar-refractivity contribution in [1.29, 1.82) is 0 Å². The summed E-state index contributed by atoms with van der Waals surface area (Å²) in [6.45, 7) is 4.36. The van der Waals surface area contributed by atoms with Gasteiger partial charge in [-0.15, -0.1) is 0 Å². The molecule has 5 heteroatoms. The molecule has 0 amide bonds. The molecule has 0 spiro atoms. The van der Waals surface area contributed by atoms with Gasteiger partial charge in [0.15, 0.2) is 0 Å². The number of alkyl halides is 1. The highest BCUT2D eigenvalue weighted by Gasteiger charge is 2.36. The highest BCUT2D eigenvalue weighted by atomic mass is 79.9. The van der Waals surface area contributed by atoms with Crippen molar-refractivity contribution in [2.75, 3.05) is 0 Å². The Morgan fingerprint density at radius 2 is 2.00 bits per heavy atom. The third-order valence-electron chi connectivity index (χ3n) is 3.47. The molecule has 0 aromatic heterocycles. The van der Waals surface area contributed by atoms with E-state index in [-0.39, 0.29) is 0 Å². The second-order valence-corrected chi connectivity index (χ2v) is 6.55. The molecule has 0 fully saturated rings. The molecule has 2 N–H and O–H groups in total. The van der Waals surface area contributed by atoms with E-state index in [1.807, 2.05) is 24.4 Å². The second-order valence-electron chi connectivity index (χ2n) is 4.67. The zero-order valence-electron chi connectivity index (χ0n) is 10.9. The summed E-state index contributed by atoms with van der Waals surface area (Å²) in [4.78, 5) is 0. The summed E-state index contributed by atoms with van der Waals surface area (Å²) in [7, 11) is 0. The lowest BCUT2D eigenvalue weighted by molar-refractivity contribution is 0.465. The largest absolute Gasteiger partial charge is 0.351 e. The van der Waals surface area contributed by atoms with Crippen molar-refractivity contribution < 1.29 is 0 Å². The van der Waals surface area contributed by atoms with Gasteiger partial charge in [-0.25, -0.2) is 0 Å². The summed E-state index contributed by atoms with van der Waals surface area (Å²) < 4.78 is 0.938. The topological polar surface area (TPSA) is 24.1 Å². The first-order valence-corrected chi connectivity index (χ1v) is 7.95. The lowest BCUT2D eigenvalue weighted by Gasteiger charge is -2.27. The predicted octanol–water partition coefficient (Wildman–Crippen LogP) is 4.92. The van der Waals surface area contributed by atoms with E-state index in [0.29, 0.717) is 10.9 Å². The molecule has 0 radical (unpaired) electrons. The van der Waals surface area contributed by atoms with Gasteiger partial charge in [-0.05, 0) is 30.9 Å². The van der Waals surface area contributed by atoms with Crippen molar-refractivity contribution in [3.05, 3.63) is 45.2 Å². The average Bonchev–Trinajstić information content (AvgIpc) is 2.74. The van der Waals surface area contributed by atoms with Crippen LogP contribution in [-0.2, 0) is 5.12 Å². The molecule has 1 aliphatic heterocycles. The summed E-state index contributed by atoms with van der Waals surface area (Å²) >= 11 is 16.3. The summed E-state index contributed by atoms with van der Waals surface area (Å²) in [6.07, 6.45) is 4.12. The third-order valence-corrected chi connectivity index (χ3v) is 4.68. The summed E-state index contributed by atoms with van der Waals surface area (Å²) in [5.74, 6) is 0.488. The summed E-state index contributed by atoms with van der Waals surface area (Å²) in [6, 6.07) is 5.70. The molecule has 0 saturated heterocycles. The minimum atomic E-state index is -0.851. The lowest BCUT2D eigenvalue weighted by Crippen LogP contribution is -2.42. The Labute approximate surface area is 132 Å². The highest BCUT2D eigenvalue weighted by molar-refractivity contribution is 9.10. The normalized spacial score (nSPS) is 22.1. The first-order valence-electron chi connectivity index (χ1n) is 6.40. The fraction of sp³-hybridized carbons (Fsp3) is 0.429. The van der Waals surface area contributed by atoms with Crippen LogP contribution in [0.1, 0.15) is 32.3 Å². The molecule has 0 saturated carbocycles. The molecular weight excluding hydrogens is 347 g/mol. The fourth-order valence-electron chi connectivity index (χ4n) is 2.31. The maximum absolute atomic E-state index is 6.63. The zero-order chi connectivity index (χ0) is 14.0. The fourth-order valence-corrected chi connectivity index (χ4v) is 3.50. The molecule has 2 rings (SSSR count). The number of nitrogens with one attached hydrogen (secondary N) is 2. The Hall–Kier alpha value is -0.380. The van der Waals surface area contributed by atoms with Crippen LogP contribution in [-0.4, -0.2) is 0 Å². The Morgan fingerprint density at radius 3 is 2.58 bits per heavy atom. The van der Waals surface area contributed by atoms with Gasteiger partial charge in [0.25, 0.3) is 0 Å². The molecule has 1 unspecified atom stereocenters. The van der Waals surface area contributed by atoms with Crippen LogP contribution < -0.4 is 10.6 Å². The van der Waals surface area contributed by atoms with Gasteiger partial charge in [-0.3, -0.25) is 0 Å². The number of hydrogen-bond donors (Lipinski definition) is 2. The second kappa shape index (κ2) is 5.94. The van der Waals surface area contributed by atoms with Gasteiger partial charge in [0.1, 0.15) is 0 Å². The first kappa shape index (κ1) is 15.0. The van der Waals surface area contributed by atoms with Gasteiger partial charge in [0, 0.05) is 21.9 Å². The van der Waals surface area contributed by atoms with E-state index in [1.54, 1.807) is 0 Å². The molecule has 19 heavy (non-hydrogen) atoms. The smallest absolute Gasteiger partial charge is 0.214 e. The van der Waals surface area contributed by atoms with Crippen LogP contribution >= 0.6 is 39.1 Å². The maximum Gasteiger partial charge on any atom is 0.214 e. The van der Waals surface area contributed by atoms with Crippen molar-refractivity contribution in [2.45, 2.75) is 31.8 Å². The number of allylic oxidation sites excluding steroid dienone is 1. The van der Waals surface area contributed by atoms with Crippen molar-refractivity contribution in [2.24, 2.45) is 5.92 Å². The van der Waals surface area contributed by atoms with E-state index in [1.165, 1.54) is 0 Å². The monoisotopic (exact) mass is 362 g/mol. The average molecular weight is 364 g/mol. The van der Waals surface area contributed by atoms with Gasteiger partial charge >= 0.3 is 0 Å². The van der Waals surface area contributed by atoms with Gasteiger partial charge in [0.2, 0.25) is 5.12 Å². The number of halogens is 3. The Bertz CT molecular complexity index is 500. The molecule has 0 bridgehead atoms. The minimum absolute atomic E-state index is 0.488. The molecule has 1 atom stereocenters. The SMILES string of the molecule is CCC(CC)C1=CNC(Cl)(c2ccc(Br)cc2Cl)N1. The Balaban J connectivity index is 2.23. The quantitative estimate of drug-likeness (QED) is 0.585. The van der Waals surface area contributed by atoms with E-state index >= 15 is 0 Å². The summed E-state index contributed by atoms with van der Waals surface area (Å²) in [5, 5.41) is 6.34. The Morgan fingerprint density at radius 1 is 1.32 bits per heavy atom. The lowest BCUT2D eigenvalue weighted by atomic mass is 10.00. The molecule has 1 aliphatic rings. The van der Waals surface area contributed by atoms with Gasteiger partial charge in [-0.2, -0.15) is 0 Å². The predicted molar refractivity (Wildman–Crippen MR) is 85.1 cm³/mol. The molecule has 0 aliphatic carbocycles. The molecule has 2 nitrogen and oxygen atoms in total. The summed E-state index contributed by atoms with van der Waals surface area (Å²) in [5.41, 5.74) is 1.97. The van der Waals surface area contributed by atoms with Crippen LogP contribution in [0, 0.1) is 5.92 Å². The van der Waals surface area contributed by atoms with E-state index in [9.17, 15) is 0 Å². The van der Waals surface area contributed by atoms with Gasteiger partial charge in [0.05, 0.1) is 5.02 Å². The van der Waals surface area contributed by atoms with Crippen molar-refractivity contribution in [1.82, 2.24) is 10.6 Å². The number of hydrogen-bond acceptors (Lipinski definition) is 2. The molecule has 1 aromatic carbocycles. The van der Waals surface area contributed by atoms with Crippen LogP contribution in [0.15, 0.2) is 34.6 Å². The molecule has 1 heterocycles. The van der Waals surface area contributed by atoms with Crippen molar-refractivity contribution in [3.8, 4) is 0 Å². The van der Waals surface area contributed by atoms with E-state index < -0.39 is 5.12 Å². The first-order chi connectivity index (χ1) is 9.00. The third kappa shape index (κ3) is 3.04.